The minimum absolute atomic E-state index is 0.0395. The first-order valence-corrected chi connectivity index (χ1v) is 6.16. The second kappa shape index (κ2) is 5.33. The van der Waals surface area contributed by atoms with Crippen LogP contribution in [-0.4, -0.2) is 11.9 Å². The van der Waals surface area contributed by atoms with Gasteiger partial charge >= 0.3 is 0 Å². The standard InChI is InChI=1S/C12H13N5S/c13-11(14)17-12(15)16-10-4-2-1-3-9(10)8-5-6-18-7-8/h1-7H,(H6,13,14,15,16,17). The normalized spacial score (nSPS) is 11.2. The molecule has 0 atom stereocenters. The molecule has 1 aromatic heterocycles. The summed E-state index contributed by atoms with van der Waals surface area (Å²) in [6.45, 7) is 0. The number of thiophene rings is 1. The maximum atomic E-state index is 5.63. The predicted octanol–water partition coefficient (Wildman–Crippen LogP) is 1.63. The number of para-hydroxylation sites is 1. The highest BCUT2D eigenvalue weighted by molar-refractivity contribution is 7.08. The number of benzene rings is 1. The van der Waals surface area contributed by atoms with Gasteiger partial charge in [0.1, 0.15) is 0 Å². The van der Waals surface area contributed by atoms with E-state index in [0.717, 1.165) is 16.8 Å². The Bertz CT molecular complexity index is 582. The molecule has 6 N–H and O–H groups in total. The number of nitrogens with two attached hydrogens (primary N) is 3. The van der Waals surface area contributed by atoms with E-state index >= 15 is 0 Å². The van der Waals surface area contributed by atoms with Crippen LogP contribution in [0.25, 0.3) is 11.1 Å². The molecule has 2 rings (SSSR count). The van der Waals surface area contributed by atoms with Crippen molar-refractivity contribution in [3.05, 3.63) is 41.1 Å². The fourth-order valence-corrected chi connectivity index (χ4v) is 2.17. The second-order valence-corrected chi connectivity index (χ2v) is 4.32. The quantitative estimate of drug-likeness (QED) is 0.564. The van der Waals surface area contributed by atoms with Crippen LogP contribution in [0.1, 0.15) is 0 Å². The lowest BCUT2D eigenvalue weighted by atomic mass is 10.1. The summed E-state index contributed by atoms with van der Waals surface area (Å²) in [4.78, 5) is 7.90. The summed E-state index contributed by atoms with van der Waals surface area (Å²) in [5, 5.41) is 4.06. The Morgan fingerprint density at radius 1 is 1.06 bits per heavy atom. The number of guanidine groups is 2. The lowest BCUT2D eigenvalue weighted by Crippen LogP contribution is -2.26. The van der Waals surface area contributed by atoms with Crippen LogP contribution in [-0.2, 0) is 0 Å². The van der Waals surface area contributed by atoms with E-state index in [4.69, 9.17) is 17.2 Å². The molecule has 1 heterocycles. The van der Waals surface area contributed by atoms with E-state index in [1.54, 1.807) is 11.3 Å². The van der Waals surface area contributed by atoms with Gasteiger partial charge in [0.15, 0.2) is 5.96 Å². The van der Waals surface area contributed by atoms with Crippen LogP contribution in [0.3, 0.4) is 0 Å². The first-order chi connectivity index (χ1) is 8.66. The molecule has 0 amide bonds. The molecule has 0 aliphatic heterocycles. The van der Waals surface area contributed by atoms with Crippen molar-refractivity contribution in [2.24, 2.45) is 27.2 Å². The van der Waals surface area contributed by atoms with Gasteiger partial charge in [-0.2, -0.15) is 16.3 Å². The number of nitrogens with zero attached hydrogens (tertiary/aromatic N) is 2. The molecule has 0 aliphatic rings. The van der Waals surface area contributed by atoms with Crippen molar-refractivity contribution >= 4 is 28.9 Å². The number of hydrogen-bond donors (Lipinski definition) is 3. The topological polar surface area (TPSA) is 103 Å². The van der Waals surface area contributed by atoms with Crippen LogP contribution >= 0.6 is 11.3 Å². The van der Waals surface area contributed by atoms with Gasteiger partial charge in [-0.3, -0.25) is 0 Å². The van der Waals surface area contributed by atoms with Gasteiger partial charge in [0.2, 0.25) is 5.96 Å². The highest BCUT2D eigenvalue weighted by Gasteiger charge is 2.04. The van der Waals surface area contributed by atoms with Gasteiger partial charge in [-0.25, -0.2) is 4.99 Å². The van der Waals surface area contributed by atoms with E-state index in [-0.39, 0.29) is 11.9 Å². The highest BCUT2D eigenvalue weighted by atomic mass is 32.1. The van der Waals surface area contributed by atoms with Gasteiger partial charge in [-0.1, -0.05) is 18.2 Å². The molecule has 0 radical (unpaired) electrons. The van der Waals surface area contributed by atoms with Crippen LogP contribution in [0, 0.1) is 0 Å². The van der Waals surface area contributed by atoms with E-state index in [0.29, 0.717) is 0 Å². The smallest absolute Gasteiger partial charge is 0.223 e. The van der Waals surface area contributed by atoms with Crippen LogP contribution in [0.2, 0.25) is 0 Å². The molecule has 0 aliphatic carbocycles. The van der Waals surface area contributed by atoms with Crippen molar-refractivity contribution < 1.29 is 0 Å². The van der Waals surface area contributed by atoms with E-state index in [9.17, 15) is 0 Å². The molecule has 1 aromatic carbocycles. The van der Waals surface area contributed by atoms with E-state index in [1.165, 1.54) is 0 Å². The van der Waals surface area contributed by atoms with E-state index in [1.807, 2.05) is 41.1 Å². The van der Waals surface area contributed by atoms with Crippen molar-refractivity contribution in [1.82, 2.24) is 0 Å². The molecule has 0 saturated heterocycles. The summed E-state index contributed by atoms with van der Waals surface area (Å²) in [6, 6.07) is 9.70. The molecule has 0 fully saturated rings. The monoisotopic (exact) mass is 259 g/mol. The minimum atomic E-state index is -0.107. The van der Waals surface area contributed by atoms with E-state index < -0.39 is 0 Å². The average molecular weight is 259 g/mol. The molecule has 0 bridgehead atoms. The van der Waals surface area contributed by atoms with Crippen LogP contribution in [0.15, 0.2) is 51.1 Å². The van der Waals surface area contributed by atoms with Gasteiger partial charge in [0, 0.05) is 5.56 Å². The van der Waals surface area contributed by atoms with Crippen molar-refractivity contribution in [2.45, 2.75) is 0 Å². The van der Waals surface area contributed by atoms with Crippen LogP contribution in [0.5, 0.6) is 0 Å². The molecule has 6 heteroatoms. The summed E-state index contributed by atoms with van der Waals surface area (Å²) in [5.74, 6) is -0.0676. The van der Waals surface area contributed by atoms with Gasteiger partial charge in [-0.05, 0) is 28.5 Å². The molecule has 0 unspecified atom stereocenters. The summed E-state index contributed by atoms with van der Waals surface area (Å²) in [6.07, 6.45) is 0. The zero-order chi connectivity index (χ0) is 13.0. The molecular weight excluding hydrogens is 246 g/mol. The average Bonchev–Trinajstić information content (AvgIpc) is 2.81. The lowest BCUT2D eigenvalue weighted by Gasteiger charge is -2.03. The zero-order valence-electron chi connectivity index (χ0n) is 9.58. The third kappa shape index (κ3) is 2.86. The van der Waals surface area contributed by atoms with Crippen molar-refractivity contribution in [3.8, 4) is 11.1 Å². The summed E-state index contributed by atoms with van der Waals surface area (Å²) >= 11 is 1.63. The van der Waals surface area contributed by atoms with E-state index in [2.05, 4.69) is 9.98 Å². The van der Waals surface area contributed by atoms with Crippen molar-refractivity contribution in [3.63, 3.8) is 0 Å². The van der Waals surface area contributed by atoms with Crippen molar-refractivity contribution in [1.29, 1.82) is 0 Å². The molecule has 2 aromatic rings. The maximum Gasteiger partial charge on any atom is 0.223 e. The summed E-state index contributed by atoms with van der Waals surface area (Å²) in [7, 11) is 0. The highest BCUT2D eigenvalue weighted by Crippen LogP contribution is 2.31. The Labute approximate surface area is 109 Å². The lowest BCUT2D eigenvalue weighted by molar-refractivity contribution is 1.38. The molecular formula is C12H13N5S. The van der Waals surface area contributed by atoms with Crippen molar-refractivity contribution in [2.75, 3.05) is 0 Å². The number of aliphatic imine (C=N–C) groups is 2. The largest absolute Gasteiger partial charge is 0.370 e. The number of rotatable bonds is 2. The van der Waals surface area contributed by atoms with Crippen LogP contribution in [0.4, 0.5) is 5.69 Å². The van der Waals surface area contributed by atoms with Crippen LogP contribution < -0.4 is 17.2 Å². The Morgan fingerprint density at radius 2 is 1.83 bits per heavy atom. The predicted molar refractivity (Wildman–Crippen MR) is 76.8 cm³/mol. The summed E-state index contributed by atoms with van der Waals surface area (Å²) < 4.78 is 0. The molecule has 5 nitrogen and oxygen atoms in total. The van der Waals surface area contributed by atoms with Gasteiger partial charge in [0.25, 0.3) is 0 Å². The maximum absolute atomic E-state index is 5.63. The Hall–Kier alpha value is -2.34. The molecule has 0 saturated carbocycles. The molecule has 92 valence electrons. The van der Waals surface area contributed by atoms with Gasteiger partial charge in [-0.15, -0.1) is 0 Å². The zero-order valence-corrected chi connectivity index (χ0v) is 10.4. The Morgan fingerprint density at radius 3 is 2.50 bits per heavy atom. The summed E-state index contributed by atoms with van der Waals surface area (Å²) in [5.41, 5.74) is 19.0. The fraction of sp³-hybridized carbons (Fsp3) is 0. The molecule has 0 spiro atoms. The van der Waals surface area contributed by atoms with Gasteiger partial charge in [0.05, 0.1) is 5.69 Å². The number of hydrogen-bond acceptors (Lipinski definition) is 2. The minimum Gasteiger partial charge on any atom is -0.370 e. The first kappa shape index (κ1) is 12.1. The Balaban J connectivity index is 2.43. The third-order valence-electron chi connectivity index (χ3n) is 2.21. The first-order valence-electron chi connectivity index (χ1n) is 5.22. The SMILES string of the molecule is NC(N)=NC(N)=Nc1ccccc1-c1ccsc1. The fourth-order valence-electron chi connectivity index (χ4n) is 1.51. The second-order valence-electron chi connectivity index (χ2n) is 3.54. The molecule has 18 heavy (non-hydrogen) atoms. The van der Waals surface area contributed by atoms with Gasteiger partial charge < -0.3 is 17.2 Å². The Kier molecular flexibility index (Phi) is 3.59. The third-order valence-corrected chi connectivity index (χ3v) is 2.90.